The minimum atomic E-state index is -1.68. The molecule has 0 saturated heterocycles. The average Bonchev–Trinajstić information content (AvgIpc) is 2.26. The molecule has 3 N–H and O–H groups in total. The lowest BCUT2D eigenvalue weighted by molar-refractivity contribution is -0.165. The number of esters is 1. The van der Waals surface area contributed by atoms with Crippen molar-refractivity contribution in [2.24, 2.45) is 5.73 Å². The van der Waals surface area contributed by atoms with Crippen LogP contribution in [0.4, 0.5) is 0 Å². The van der Waals surface area contributed by atoms with E-state index < -0.39 is 29.5 Å². The quantitative estimate of drug-likeness (QED) is 0.808. The predicted octanol–water partition coefficient (Wildman–Crippen LogP) is 1.66. The molecule has 5 heteroatoms. The summed E-state index contributed by atoms with van der Waals surface area (Å²) >= 11 is 0. The fourth-order valence-electron chi connectivity index (χ4n) is 1.64. The number of ether oxygens (including phenoxy) is 1. The highest BCUT2D eigenvalue weighted by atomic mass is 16.6. The molecule has 1 rings (SSSR count). The van der Waals surface area contributed by atoms with E-state index >= 15 is 0 Å². The monoisotopic (exact) mass is 265 g/mol. The second kappa shape index (κ2) is 5.40. The number of hydrogen-bond acceptors (Lipinski definition) is 4. The van der Waals surface area contributed by atoms with Gasteiger partial charge in [-0.25, -0.2) is 4.79 Å². The van der Waals surface area contributed by atoms with Crippen molar-refractivity contribution in [3.8, 4) is 0 Å². The molecule has 0 bridgehead atoms. The molecule has 0 radical (unpaired) electrons. The maximum Gasteiger partial charge on any atom is 0.331 e. The Morgan fingerprint density at radius 1 is 1.21 bits per heavy atom. The number of rotatable bonds is 4. The molecule has 19 heavy (non-hydrogen) atoms. The highest BCUT2D eigenvalue weighted by Crippen LogP contribution is 2.26. The molecule has 0 aliphatic carbocycles. The van der Waals surface area contributed by atoms with Crippen LogP contribution in [0.5, 0.6) is 0 Å². The molecule has 0 heterocycles. The van der Waals surface area contributed by atoms with E-state index in [1.807, 2.05) is 0 Å². The lowest BCUT2D eigenvalue weighted by Gasteiger charge is -2.30. The molecule has 0 aromatic heterocycles. The maximum atomic E-state index is 12.2. The summed E-state index contributed by atoms with van der Waals surface area (Å²) in [4.78, 5) is 23.2. The average molecular weight is 265 g/mol. The molecule has 1 atom stereocenters. The van der Waals surface area contributed by atoms with E-state index in [-0.39, 0.29) is 0 Å². The molecule has 0 aliphatic rings. The Labute approximate surface area is 112 Å². The van der Waals surface area contributed by atoms with Gasteiger partial charge in [-0.2, -0.15) is 0 Å². The molecule has 1 unspecified atom stereocenters. The second-order valence-electron chi connectivity index (χ2n) is 5.41. The molecule has 5 nitrogen and oxygen atoms in total. The number of carbonyl (C=O) groups excluding carboxylic acids is 1. The van der Waals surface area contributed by atoms with E-state index in [2.05, 4.69) is 0 Å². The van der Waals surface area contributed by atoms with Gasteiger partial charge in [-0.1, -0.05) is 30.3 Å². The Morgan fingerprint density at radius 2 is 1.74 bits per heavy atom. The van der Waals surface area contributed by atoms with E-state index in [0.717, 1.165) is 0 Å². The molecule has 1 aromatic carbocycles. The molecule has 0 amide bonds. The normalized spacial score (nSPS) is 14.5. The summed E-state index contributed by atoms with van der Waals surface area (Å²) in [5, 5.41) is 8.97. The van der Waals surface area contributed by atoms with E-state index in [1.54, 1.807) is 51.1 Å². The van der Waals surface area contributed by atoms with Gasteiger partial charge in [0.1, 0.15) is 5.60 Å². The van der Waals surface area contributed by atoms with Crippen LogP contribution in [0.25, 0.3) is 0 Å². The number of nitrogens with two attached hydrogens (primary N) is 1. The van der Waals surface area contributed by atoms with Crippen molar-refractivity contribution in [3.63, 3.8) is 0 Å². The first-order valence-electron chi connectivity index (χ1n) is 5.95. The van der Waals surface area contributed by atoms with Gasteiger partial charge in [0.05, 0.1) is 6.42 Å². The number of carboxylic acids is 1. The Balaban J connectivity index is 3.14. The summed E-state index contributed by atoms with van der Waals surface area (Å²) in [6.07, 6.45) is -0.522. The largest absolute Gasteiger partial charge is 0.481 e. The lowest BCUT2D eigenvalue weighted by Crippen LogP contribution is -2.49. The highest BCUT2D eigenvalue weighted by Gasteiger charge is 2.41. The van der Waals surface area contributed by atoms with Gasteiger partial charge in [-0.15, -0.1) is 0 Å². The van der Waals surface area contributed by atoms with Crippen LogP contribution >= 0.6 is 0 Å². The number of aliphatic carboxylic acids is 1. The van der Waals surface area contributed by atoms with Gasteiger partial charge in [-0.05, 0) is 26.3 Å². The van der Waals surface area contributed by atoms with Crippen molar-refractivity contribution in [2.45, 2.75) is 38.3 Å². The van der Waals surface area contributed by atoms with Crippen molar-refractivity contribution < 1.29 is 19.4 Å². The minimum absolute atomic E-state index is 0.423. The molecule has 0 spiro atoms. The molecule has 104 valence electrons. The van der Waals surface area contributed by atoms with Gasteiger partial charge in [0.2, 0.25) is 0 Å². The van der Waals surface area contributed by atoms with E-state index in [9.17, 15) is 9.59 Å². The molecule has 0 aliphatic heterocycles. The van der Waals surface area contributed by atoms with Gasteiger partial charge >= 0.3 is 11.9 Å². The lowest BCUT2D eigenvalue weighted by atomic mass is 9.87. The molecular formula is C14H19NO4. The number of benzene rings is 1. The van der Waals surface area contributed by atoms with E-state index in [1.165, 1.54) is 0 Å². The van der Waals surface area contributed by atoms with Crippen molar-refractivity contribution in [2.75, 3.05) is 0 Å². The zero-order valence-electron chi connectivity index (χ0n) is 11.3. The fraction of sp³-hybridized carbons (Fsp3) is 0.429. The van der Waals surface area contributed by atoms with Crippen molar-refractivity contribution >= 4 is 11.9 Å². The van der Waals surface area contributed by atoms with E-state index in [4.69, 9.17) is 15.6 Å². The van der Waals surface area contributed by atoms with Crippen LogP contribution in [-0.4, -0.2) is 22.6 Å². The zero-order valence-corrected chi connectivity index (χ0v) is 11.3. The summed E-state index contributed by atoms with van der Waals surface area (Å²) in [6, 6.07) is 8.39. The zero-order chi connectivity index (χ0) is 14.7. The molecular weight excluding hydrogens is 246 g/mol. The topological polar surface area (TPSA) is 89.6 Å². The minimum Gasteiger partial charge on any atom is -0.481 e. The van der Waals surface area contributed by atoms with Gasteiger partial charge < -0.3 is 15.6 Å². The third-order valence-electron chi connectivity index (χ3n) is 2.48. The Kier molecular flexibility index (Phi) is 4.32. The van der Waals surface area contributed by atoms with Crippen LogP contribution in [-0.2, 0) is 19.9 Å². The second-order valence-corrected chi connectivity index (χ2v) is 5.41. The van der Waals surface area contributed by atoms with Crippen LogP contribution in [0.15, 0.2) is 30.3 Å². The summed E-state index contributed by atoms with van der Waals surface area (Å²) in [7, 11) is 0. The maximum absolute atomic E-state index is 12.2. The van der Waals surface area contributed by atoms with Crippen molar-refractivity contribution in [1.82, 2.24) is 0 Å². The Morgan fingerprint density at radius 3 is 2.16 bits per heavy atom. The summed E-state index contributed by atoms with van der Waals surface area (Å²) in [5.74, 6) is -1.90. The van der Waals surface area contributed by atoms with Gasteiger partial charge in [0, 0.05) is 0 Å². The standard InChI is InChI=1S/C14H19NO4/c1-13(2,3)19-12(18)14(15,9-11(16)17)10-7-5-4-6-8-10/h4-8H,9,15H2,1-3H3,(H,16,17). The third kappa shape index (κ3) is 4.06. The van der Waals surface area contributed by atoms with Gasteiger partial charge in [0.25, 0.3) is 0 Å². The Bertz CT molecular complexity index is 464. The summed E-state index contributed by atoms with van der Waals surface area (Å²) in [5.41, 5.74) is 4.03. The smallest absolute Gasteiger partial charge is 0.331 e. The van der Waals surface area contributed by atoms with Crippen LogP contribution in [0.3, 0.4) is 0 Å². The van der Waals surface area contributed by atoms with Crippen LogP contribution in [0.1, 0.15) is 32.8 Å². The molecule has 1 aromatic rings. The number of carboxylic acid groups (broad SMARTS) is 1. The number of carbonyl (C=O) groups is 2. The first-order valence-corrected chi connectivity index (χ1v) is 5.95. The first kappa shape index (κ1) is 15.2. The van der Waals surface area contributed by atoms with Crippen LogP contribution in [0.2, 0.25) is 0 Å². The predicted molar refractivity (Wildman–Crippen MR) is 70.4 cm³/mol. The highest BCUT2D eigenvalue weighted by molar-refractivity contribution is 5.87. The first-order chi connectivity index (χ1) is 8.65. The SMILES string of the molecule is CC(C)(C)OC(=O)C(N)(CC(=O)O)c1ccccc1. The molecule has 0 saturated carbocycles. The van der Waals surface area contributed by atoms with Crippen molar-refractivity contribution in [1.29, 1.82) is 0 Å². The van der Waals surface area contributed by atoms with E-state index in [0.29, 0.717) is 5.56 Å². The molecule has 0 fully saturated rings. The summed E-state index contributed by atoms with van der Waals surface area (Å²) < 4.78 is 5.23. The van der Waals surface area contributed by atoms with Crippen LogP contribution < -0.4 is 5.73 Å². The van der Waals surface area contributed by atoms with Gasteiger partial charge in [-0.3, -0.25) is 4.79 Å². The van der Waals surface area contributed by atoms with Crippen LogP contribution in [0, 0.1) is 0 Å². The number of hydrogen-bond donors (Lipinski definition) is 2. The van der Waals surface area contributed by atoms with Gasteiger partial charge in [0.15, 0.2) is 5.54 Å². The Hall–Kier alpha value is -1.88. The third-order valence-corrected chi connectivity index (χ3v) is 2.48. The summed E-state index contributed by atoms with van der Waals surface area (Å²) in [6.45, 7) is 5.12. The van der Waals surface area contributed by atoms with Crippen molar-refractivity contribution in [3.05, 3.63) is 35.9 Å². The fourth-order valence-corrected chi connectivity index (χ4v) is 1.64.